The zero-order valence-electron chi connectivity index (χ0n) is 9.22. The lowest BCUT2D eigenvalue weighted by atomic mass is 9.85. The van der Waals surface area contributed by atoms with Gasteiger partial charge in [0.2, 0.25) is 0 Å². The molecular formula is C13H18FN. The lowest BCUT2D eigenvalue weighted by molar-refractivity contribution is 0.301. The first-order valence-corrected chi connectivity index (χ1v) is 5.71. The standard InChI is InChI=1S/C13H18FN/c1-10-7-12(5-6-13(10)14)9-15-8-11-3-2-4-11/h5-7,11,15H,2-4,8-9H2,1H3. The molecule has 0 saturated heterocycles. The van der Waals surface area contributed by atoms with Crippen LogP contribution in [0.15, 0.2) is 18.2 Å². The van der Waals surface area contributed by atoms with Crippen molar-refractivity contribution in [3.05, 3.63) is 35.1 Å². The summed E-state index contributed by atoms with van der Waals surface area (Å²) in [5.41, 5.74) is 1.91. The summed E-state index contributed by atoms with van der Waals surface area (Å²) in [7, 11) is 0. The zero-order valence-corrected chi connectivity index (χ0v) is 9.22. The Hall–Kier alpha value is -0.890. The van der Waals surface area contributed by atoms with Gasteiger partial charge in [-0.25, -0.2) is 4.39 Å². The number of aryl methyl sites for hydroxylation is 1. The molecule has 1 N–H and O–H groups in total. The topological polar surface area (TPSA) is 12.0 Å². The van der Waals surface area contributed by atoms with E-state index in [-0.39, 0.29) is 5.82 Å². The summed E-state index contributed by atoms with van der Waals surface area (Å²) < 4.78 is 13.0. The van der Waals surface area contributed by atoms with Crippen molar-refractivity contribution in [3.8, 4) is 0 Å². The number of nitrogens with one attached hydrogen (secondary N) is 1. The molecule has 1 aliphatic carbocycles. The van der Waals surface area contributed by atoms with E-state index in [2.05, 4.69) is 5.32 Å². The van der Waals surface area contributed by atoms with Gasteiger partial charge in [-0.15, -0.1) is 0 Å². The molecule has 1 fully saturated rings. The van der Waals surface area contributed by atoms with Gasteiger partial charge < -0.3 is 5.32 Å². The molecule has 0 heterocycles. The maximum Gasteiger partial charge on any atom is 0.126 e. The number of benzene rings is 1. The van der Waals surface area contributed by atoms with Crippen LogP contribution in [-0.2, 0) is 6.54 Å². The van der Waals surface area contributed by atoms with E-state index < -0.39 is 0 Å². The lowest BCUT2D eigenvalue weighted by Crippen LogP contribution is -2.26. The summed E-state index contributed by atoms with van der Waals surface area (Å²) in [4.78, 5) is 0. The summed E-state index contributed by atoms with van der Waals surface area (Å²) in [6, 6.07) is 5.33. The van der Waals surface area contributed by atoms with Crippen molar-refractivity contribution in [2.75, 3.05) is 6.54 Å². The van der Waals surface area contributed by atoms with Gasteiger partial charge in [0.25, 0.3) is 0 Å². The molecule has 2 rings (SSSR count). The van der Waals surface area contributed by atoms with E-state index in [0.29, 0.717) is 0 Å². The van der Waals surface area contributed by atoms with Crippen LogP contribution in [0.2, 0.25) is 0 Å². The maximum absolute atomic E-state index is 13.0. The van der Waals surface area contributed by atoms with Gasteiger partial charge in [0.1, 0.15) is 5.82 Å². The average Bonchev–Trinajstić information content (AvgIpc) is 2.15. The maximum atomic E-state index is 13.0. The Kier molecular flexibility index (Phi) is 3.37. The highest BCUT2D eigenvalue weighted by molar-refractivity contribution is 5.23. The highest BCUT2D eigenvalue weighted by Gasteiger charge is 2.16. The smallest absolute Gasteiger partial charge is 0.126 e. The first kappa shape index (κ1) is 10.6. The predicted molar refractivity (Wildman–Crippen MR) is 60.2 cm³/mol. The summed E-state index contributed by atoms with van der Waals surface area (Å²) in [5.74, 6) is 0.768. The Morgan fingerprint density at radius 2 is 2.20 bits per heavy atom. The molecule has 0 aliphatic heterocycles. The number of hydrogen-bond acceptors (Lipinski definition) is 1. The molecule has 1 aromatic rings. The lowest BCUT2D eigenvalue weighted by Gasteiger charge is -2.25. The van der Waals surface area contributed by atoms with Crippen molar-refractivity contribution in [3.63, 3.8) is 0 Å². The number of halogens is 1. The number of hydrogen-bond donors (Lipinski definition) is 1. The van der Waals surface area contributed by atoms with Gasteiger partial charge >= 0.3 is 0 Å². The molecule has 1 saturated carbocycles. The van der Waals surface area contributed by atoms with Gasteiger partial charge in [0.05, 0.1) is 0 Å². The molecular weight excluding hydrogens is 189 g/mol. The second kappa shape index (κ2) is 4.75. The molecule has 0 unspecified atom stereocenters. The van der Waals surface area contributed by atoms with Crippen molar-refractivity contribution in [2.24, 2.45) is 5.92 Å². The monoisotopic (exact) mass is 207 g/mol. The second-order valence-corrected chi connectivity index (χ2v) is 4.51. The van der Waals surface area contributed by atoms with Gasteiger partial charge in [0.15, 0.2) is 0 Å². The van der Waals surface area contributed by atoms with E-state index in [9.17, 15) is 4.39 Å². The summed E-state index contributed by atoms with van der Waals surface area (Å²) in [6.07, 6.45) is 4.13. The molecule has 0 aromatic heterocycles. The highest BCUT2D eigenvalue weighted by Crippen LogP contribution is 2.25. The van der Waals surface area contributed by atoms with E-state index in [1.165, 1.54) is 24.8 Å². The molecule has 0 spiro atoms. The molecule has 0 amide bonds. The summed E-state index contributed by atoms with van der Waals surface area (Å²) in [5, 5.41) is 3.43. The third kappa shape index (κ3) is 2.78. The van der Waals surface area contributed by atoms with E-state index in [1.54, 1.807) is 6.07 Å². The second-order valence-electron chi connectivity index (χ2n) is 4.51. The minimum absolute atomic E-state index is 0.113. The third-order valence-corrected chi connectivity index (χ3v) is 3.21. The number of rotatable bonds is 4. The van der Waals surface area contributed by atoms with Crippen LogP contribution in [0, 0.1) is 18.7 Å². The molecule has 0 radical (unpaired) electrons. The summed E-state index contributed by atoms with van der Waals surface area (Å²) >= 11 is 0. The Morgan fingerprint density at radius 1 is 1.40 bits per heavy atom. The first-order valence-electron chi connectivity index (χ1n) is 5.71. The Balaban J connectivity index is 1.79. The zero-order chi connectivity index (χ0) is 10.7. The van der Waals surface area contributed by atoms with Gasteiger partial charge in [-0.3, -0.25) is 0 Å². The Morgan fingerprint density at radius 3 is 2.80 bits per heavy atom. The minimum atomic E-state index is -0.113. The van der Waals surface area contributed by atoms with Crippen molar-refractivity contribution in [1.29, 1.82) is 0 Å². The van der Waals surface area contributed by atoms with Crippen LogP contribution < -0.4 is 5.32 Å². The van der Waals surface area contributed by atoms with E-state index >= 15 is 0 Å². The van der Waals surface area contributed by atoms with E-state index in [0.717, 1.165) is 24.6 Å². The fourth-order valence-electron chi connectivity index (χ4n) is 1.93. The largest absolute Gasteiger partial charge is 0.312 e. The highest BCUT2D eigenvalue weighted by atomic mass is 19.1. The molecule has 1 aliphatic rings. The van der Waals surface area contributed by atoms with E-state index in [1.807, 2.05) is 19.1 Å². The SMILES string of the molecule is Cc1cc(CNCC2CCC2)ccc1F. The minimum Gasteiger partial charge on any atom is -0.312 e. The molecule has 0 bridgehead atoms. The van der Waals surface area contributed by atoms with E-state index in [4.69, 9.17) is 0 Å². The van der Waals surface area contributed by atoms with Gasteiger partial charge in [-0.05, 0) is 49.4 Å². The van der Waals surface area contributed by atoms with Crippen LogP contribution in [0.1, 0.15) is 30.4 Å². The molecule has 1 nitrogen and oxygen atoms in total. The fraction of sp³-hybridized carbons (Fsp3) is 0.538. The van der Waals surface area contributed by atoms with Gasteiger partial charge in [-0.1, -0.05) is 18.6 Å². The van der Waals surface area contributed by atoms with Crippen LogP contribution >= 0.6 is 0 Å². The van der Waals surface area contributed by atoms with Crippen LogP contribution in [-0.4, -0.2) is 6.54 Å². The van der Waals surface area contributed by atoms with Crippen LogP contribution in [0.25, 0.3) is 0 Å². The molecule has 82 valence electrons. The first-order chi connectivity index (χ1) is 7.25. The van der Waals surface area contributed by atoms with Crippen molar-refractivity contribution < 1.29 is 4.39 Å². The summed E-state index contributed by atoms with van der Waals surface area (Å²) in [6.45, 7) is 3.78. The van der Waals surface area contributed by atoms with Gasteiger partial charge in [-0.2, -0.15) is 0 Å². The fourth-order valence-corrected chi connectivity index (χ4v) is 1.93. The van der Waals surface area contributed by atoms with Crippen LogP contribution in [0.4, 0.5) is 4.39 Å². The molecule has 15 heavy (non-hydrogen) atoms. The quantitative estimate of drug-likeness (QED) is 0.800. The average molecular weight is 207 g/mol. The molecule has 0 atom stereocenters. The Labute approximate surface area is 90.7 Å². The predicted octanol–water partition coefficient (Wildman–Crippen LogP) is 3.02. The van der Waals surface area contributed by atoms with Crippen LogP contribution in [0.5, 0.6) is 0 Å². The van der Waals surface area contributed by atoms with Crippen LogP contribution in [0.3, 0.4) is 0 Å². The Bertz CT molecular complexity index is 331. The van der Waals surface area contributed by atoms with Crippen molar-refractivity contribution in [2.45, 2.75) is 32.7 Å². The third-order valence-electron chi connectivity index (χ3n) is 3.21. The van der Waals surface area contributed by atoms with Crippen molar-refractivity contribution in [1.82, 2.24) is 5.32 Å². The normalized spacial score (nSPS) is 16.4. The molecule has 2 heteroatoms. The molecule has 1 aromatic carbocycles. The van der Waals surface area contributed by atoms with Crippen molar-refractivity contribution >= 4 is 0 Å². The van der Waals surface area contributed by atoms with Gasteiger partial charge in [0, 0.05) is 6.54 Å².